The highest BCUT2D eigenvalue weighted by Gasteiger charge is 2.22. The monoisotopic (exact) mass is 281 g/mol. The maximum atomic E-state index is 8.63. The third-order valence-electron chi connectivity index (χ3n) is 3.87. The van der Waals surface area contributed by atoms with Gasteiger partial charge in [0.25, 0.3) is 0 Å². The van der Waals surface area contributed by atoms with E-state index in [-0.39, 0.29) is 5.84 Å². The molecule has 1 aromatic carbocycles. The number of halogens is 1. The maximum Gasteiger partial charge on any atom is 0.170 e. The molecule has 0 heterocycles. The number of nitrogens with zero attached hydrogens (tertiary/aromatic N) is 1. The first-order chi connectivity index (χ1) is 9.11. The highest BCUT2D eigenvalue weighted by Crippen LogP contribution is 2.26. The molecule has 0 radical (unpaired) electrons. The van der Waals surface area contributed by atoms with E-state index in [0.29, 0.717) is 16.6 Å². The summed E-state index contributed by atoms with van der Waals surface area (Å²) in [4.78, 5) is 0. The van der Waals surface area contributed by atoms with Crippen molar-refractivity contribution in [2.24, 2.45) is 16.8 Å². The van der Waals surface area contributed by atoms with Crippen molar-refractivity contribution in [2.45, 2.75) is 38.8 Å². The number of hydrogen-bond acceptors (Lipinski definition) is 3. The van der Waals surface area contributed by atoms with Crippen molar-refractivity contribution in [3.05, 3.63) is 34.3 Å². The molecule has 2 atom stereocenters. The van der Waals surface area contributed by atoms with Crippen LogP contribution in [0.3, 0.4) is 0 Å². The first-order valence-corrected chi connectivity index (χ1v) is 6.99. The second kappa shape index (κ2) is 6.26. The number of nitrogens with two attached hydrogens (primary N) is 1. The fourth-order valence-corrected chi connectivity index (χ4v) is 2.84. The molecular formula is C14H20ClN3O. The van der Waals surface area contributed by atoms with Crippen molar-refractivity contribution in [3.63, 3.8) is 0 Å². The lowest BCUT2D eigenvalue weighted by Gasteiger charge is -2.18. The van der Waals surface area contributed by atoms with Gasteiger partial charge >= 0.3 is 0 Å². The highest BCUT2D eigenvalue weighted by atomic mass is 35.5. The van der Waals surface area contributed by atoms with E-state index in [2.05, 4.69) is 17.4 Å². The lowest BCUT2D eigenvalue weighted by Crippen LogP contribution is -2.30. The van der Waals surface area contributed by atoms with Gasteiger partial charge in [-0.1, -0.05) is 42.2 Å². The lowest BCUT2D eigenvalue weighted by molar-refractivity contribution is 0.318. The first-order valence-electron chi connectivity index (χ1n) is 6.61. The third-order valence-corrected chi connectivity index (χ3v) is 4.22. The molecule has 0 aromatic heterocycles. The quantitative estimate of drug-likeness (QED) is 0.344. The number of oxime groups is 1. The Hall–Kier alpha value is -1.26. The van der Waals surface area contributed by atoms with Crippen LogP contribution in [-0.2, 0) is 6.54 Å². The summed E-state index contributed by atoms with van der Waals surface area (Å²) >= 11 is 6.22. The van der Waals surface area contributed by atoms with E-state index in [1.165, 1.54) is 19.3 Å². The maximum absolute atomic E-state index is 8.63. The minimum atomic E-state index is 0.0748. The second-order valence-corrected chi connectivity index (χ2v) is 5.59. The van der Waals surface area contributed by atoms with Gasteiger partial charge in [0.2, 0.25) is 0 Å². The van der Waals surface area contributed by atoms with Crippen LogP contribution in [0.1, 0.15) is 37.3 Å². The molecule has 1 aliphatic carbocycles. The summed E-state index contributed by atoms with van der Waals surface area (Å²) < 4.78 is 0. The Bertz CT molecular complexity index is 476. The standard InChI is InChI=1S/C14H20ClN3O/c1-9-3-2-4-13(9)17-8-11-6-5-10(7-12(11)15)14(16)18-19/h5-7,9,13,17,19H,2-4,8H2,1H3,(H2,16,18). The molecule has 1 fully saturated rings. The minimum Gasteiger partial charge on any atom is -0.409 e. The van der Waals surface area contributed by atoms with Gasteiger partial charge in [-0.25, -0.2) is 0 Å². The van der Waals surface area contributed by atoms with Crippen molar-refractivity contribution in [2.75, 3.05) is 0 Å². The molecule has 1 aromatic rings. The molecule has 1 saturated carbocycles. The van der Waals surface area contributed by atoms with E-state index < -0.39 is 0 Å². The summed E-state index contributed by atoms with van der Waals surface area (Å²) in [7, 11) is 0. The highest BCUT2D eigenvalue weighted by molar-refractivity contribution is 6.31. The fourth-order valence-electron chi connectivity index (χ4n) is 2.60. The van der Waals surface area contributed by atoms with E-state index >= 15 is 0 Å². The summed E-state index contributed by atoms with van der Waals surface area (Å²) in [5, 5.41) is 15.8. The molecule has 2 unspecified atom stereocenters. The van der Waals surface area contributed by atoms with Crippen LogP contribution < -0.4 is 11.1 Å². The van der Waals surface area contributed by atoms with Gasteiger partial charge in [0, 0.05) is 23.2 Å². The Morgan fingerprint density at radius 2 is 2.32 bits per heavy atom. The molecule has 5 heteroatoms. The third kappa shape index (κ3) is 3.39. The molecule has 4 nitrogen and oxygen atoms in total. The molecular weight excluding hydrogens is 262 g/mol. The molecule has 0 saturated heterocycles. The van der Waals surface area contributed by atoms with Gasteiger partial charge in [-0.15, -0.1) is 0 Å². The van der Waals surface area contributed by atoms with Gasteiger partial charge in [-0.2, -0.15) is 0 Å². The zero-order valence-electron chi connectivity index (χ0n) is 11.1. The summed E-state index contributed by atoms with van der Waals surface area (Å²) in [6.45, 7) is 3.04. The Labute approximate surface area is 118 Å². The zero-order valence-corrected chi connectivity index (χ0v) is 11.8. The van der Waals surface area contributed by atoms with Crippen LogP contribution in [0.2, 0.25) is 5.02 Å². The Kier molecular flexibility index (Phi) is 4.66. The molecule has 0 aliphatic heterocycles. The van der Waals surface area contributed by atoms with Gasteiger partial charge < -0.3 is 16.3 Å². The summed E-state index contributed by atoms with van der Waals surface area (Å²) in [5.41, 5.74) is 7.20. The van der Waals surface area contributed by atoms with E-state index in [0.717, 1.165) is 18.0 Å². The van der Waals surface area contributed by atoms with Gasteiger partial charge in [0.1, 0.15) is 0 Å². The van der Waals surface area contributed by atoms with E-state index in [1.807, 2.05) is 12.1 Å². The Morgan fingerprint density at radius 1 is 1.53 bits per heavy atom. The van der Waals surface area contributed by atoms with Crippen molar-refractivity contribution in [1.82, 2.24) is 5.32 Å². The fraction of sp³-hybridized carbons (Fsp3) is 0.500. The Morgan fingerprint density at radius 3 is 2.89 bits per heavy atom. The molecule has 4 N–H and O–H groups in total. The molecule has 2 rings (SSSR count). The number of hydrogen-bond donors (Lipinski definition) is 3. The van der Waals surface area contributed by atoms with Crippen molar-refractivity contribution >= 4 is 17.4 Å². The van der Waals surface area contributed by atoms with Crippen LogP contribution in [0, 0.1) is 5.92 Å². The average Bonchev–Trinajstić information content (AvgIpc) is 2.82. The van der Waals surface area contributed by atoms with Crippen LogP contribution in [0.4, 0.5) is 0 Å². The second-order valence-electron chi connectivity index (χ2n) is 5.19. The summed E-state index contributed by atoms with van der Waals surface area (Å²) in [6, 6.07) is 6.05. The number of rotatable bonds is 4. The first kappa shape index (κ1) is 14.2. The molecule has 104 valence electrons. The lowest BCUT2D eigenvalue weighted by atomic mass is 10.1. The minimum absolute atomic E-state index is 0.0748. The Balaban J connectivity index is 2.01. The zero-order chi connectivity index (χ0) is 13.8. The van der Waals surface area contributed by atoms with E-state index in [9.17, 15) is 0 Å². The smallest absolute Gasteiger partial charge is 0.170 e. The summed E-state index contributed by atoms with van der Waals surface area (Å²) in [6.07, 6.45) is 3.84. The van der Waals surface area contributed by atoms with Crippen molar-refractivity contribution in [3.8, 4) is 0 Å². The predicted molar refractivity (Wildman–Crippen MR) is 77.6 cm³/mol. The predicted octanol–water partition coefficient (Wildman–Crippen LogP) is 2.71. The molecule has 19 heavy (non-hydrogen) atoms. The normalized spacial score (nSPS) is 23.8. The molecule has 1 aliphatic rings. The van der Waals surface area contributed by atoms with Gasteiger partial charge in [-0.05, 0) is 30.4 Å². The topological polar surface area (TPSA) is 70.6 Å². The average molecular weight is 282 g/mol. The van der Waals surface area contributed by atoms with Gasteiger partial charge in [-0.3, -0.25) is 0 Å². The largest absolute Gasteiger partial charge is 0.409 e. The van der Waals surface area contributed by atoms with Crippen molar-refractivity contribution < 1.29 is 5.21 Å². The number of nitrogens with one attached hydrogen (secondary N) is 1. The van der Waals surface area contributed by atoms with Crippen LogP contribution in [0.15, 0.2) is 23.4 Å². The molecule has 0 bridgehead atoms. The van der Waals surface area contributed by atoms with Crippen LogP contribution in [0.5, 0.6) is 0 Å². The number of benzene rings is 1. The van der Waals surface area contributed by atoms with E-state index in [4.69, 9.17) is 22.5 Å². The summed E-state index contributed by atoms with van der Waals surface area (Å²) in [5.74, 6) is 0.807. The van der Waals surface area contributed by atoms with Gasteiger partial charge in [0.05, 0.1) is 0 Å². The molecule has 0 amide bonds. The van der Waals surface area contributed by atoms with Crippen molar-refractivity contribution in [1.29, 1.82) is 0 Å². The van der Waals surface area contributed by atoms with Crippen LogP contribution >= 0.6 is 11.6 Å². The van der Waals surface area contributed by atoms with Gasteiger partial charge in [0.15, 0.2) is 5.84 Å². The van der Waals surface area contributed by atoms with Crippen LogP contribution in [0.25, 0.3) is 0 Å². The van der Waals surface area contributed by atoms with Crippen LogP contribution in [-0.4, -0.2) is 17.1 Å². The molecule has 0 spiro atoms. The SMILES string of the molecule is CC1CCCC1NCc1ccc(/C(N)=N/O)cc1Cl. The van der Waals surface area contributed by atoms with E-state index in [1.54, 1.807) is 6.07 Å². The number of amidine groups is 1.